The van der Waals surface area contributed by atoms with Crippen molar-refractivity contribution < 1.29 is 22.7 Å². The summed E-state index contributed by atoms with van der Waals surface area (Å²) in [6.07, 6.45) is -0.0164. The van der Waals surface area contributed by atoms with Crippen molar-refractivity contribution in [2.75, 3.05) is 50.6 Å². The van der Waals surface area contributed by atoms with Crippen molar-refractivity contribution >= 4 is 28.4 Å². The Morgan fingerprint density at radius 1 is 1.09 bits per heavy atom. The van der Waals surface area contributed by atoms with Gasteiger partial charge in [0.05, 0.1) is 24.1 Å². The van der Waals surface area contributed by atoms with E-state index in [1.165, 1.54) is 29.2 Å². The van der Waals surface area contributed by atoms with Gasteiger partial charge < -0.3 is 23.9 Å². The third kappa shape index (κ3) is 5.00. The maximum atomic E-state index is 13.9. The molecule has 0 N–H and O–H groups in total. The van der Waals surface area contributed by atoms with Gasteiger partial charge in [0.2, 0.25) is 0 Å². The van der Waals surface area contributed by atoms with Crippen LogP contribution in [0.3, 0.4) is 0 Å². The number of hydrogen-bond acceptors (Lipinski definition) is 6. The molecule has 2 unspecified atom stereocenters. The quantitative estimate of drug-likeness (QED) is 0.540. The third-order valence-electron chi connectivity index (χ3n) is 6.34. The Kier molecular flexibility index (Phi) is 6.80. The van der Waals surface area contributed by atoms with Crippen LogP contribution in [0.15, 0.2) is 45.6 Å². The van der Waals surface area contributed by atoms with Gasteiger partial charge in [-0.15, -0.1) is 0 Å². The number of benzene rings is 2. The Hall–Kier alpha value is -3.46. The van der Waals surface area contributed by atoms with Crippen LogP contribution in [-0.4, -0.2) is 57.8 Å². The monoisotopic (exact) mass is 485 g/mol. The van der Waals surface area contributed by atoms with Gasteiger partial charge in [0, 0.05) is 63.2 Å². The summed E-state index contributed by atoms with van der Waals surface area (Å²) in [5.41, 5.74) is 1.25. The highest BCUT2D eigenvalue weighted by molar-refractivity contribution is 5.98. The van der Waals surface area contributed by atoms with Crippen LogP contribution in [0.1, 0.15) is 35.8 Å². The minimum absolute atomic E-state index is 0.0164. The van der Waals surface area contributed by atoms with Crippen LogP contribution < -0.4 is 15.2 Å². The molecule has 0 bridgehead atoms. The van der Waals surface area contributed by atoms with Crippen LogP contribution in [0.25, 0.3) is 11.0 Å². The van der Waals surface area contributed by atoms with Crippen LogP contribution in [0.5, 0.6) is 0 Å². The molecule has 1 aliphatic heterocycles. The molecular weight excluding hydrogens is 456 g/mol. The number of hydrogen-bond donors (Lipinski definition) is 0. The van der Waals surface area contributed by atoms with Gasteiger partial charge in [-0.3, -0.25) is 9.59 Å². The normalized spacial score (nSPS) is 16.9. The van der Waals surface area contributed by atoms with Crippen molar-refractivity contribution in [3.8, 4) is 0 Å². The summed E-state index contributed by atoms with van der Waals surface area (Å²) >= 11 is 0. The summed E-state index contributed by atoms with van der Waals surface area (Å²) in [6, 6.07) is 7.42. The summed E-state index contributed by atoms with van der Waals surface area (Å²) < 4.78 is 39.7. The second kappa shape index (κ2) is 9.65. The summed E-state index contributed by atoms with van der Waals surface area (Å²) in [4.78, 5) is 31.1. The van der Waals surface area contributed by atoms with E-state index in [0.717, 1.165) is 6.07 Å². The van der Waals surface area contributed by atoms with E-state index in [1.54, 1.807) is 32.1 Å². The molecule has 1 amide bonds. The number of rotatable bonds is 5. The summed E-state index contributed by atoms with van der Waals surface area (Å²) in [5, 5.41) is 0.267. The first-order valence-corrected chi connectivity index (χ1v) is 11.4. The number of carbonyl (C=O) groups is 1. The minimum Gasteiger partial charge on any atom is -0.440 e. The molecule has 1 aromatic heterocycles. The van der Waals surface area contributed by atoms with E-state index < -0.39 is 17.7 Å². The van der Waals surface area contributed by atoms with Gasteiger partial charge >= 0.3 is 0 Å². The van der Waals surface area contributed by atoms with Crippen molar-refractivity contribution in [2.45, 2.75) is 26.0 Å². The number of carbonyl (C=O) groups excluding carboxylic acids is 1. The Morgan fingerprint density at radius 2 is 1.77 bits per heavy atom. The number of morpholine rings is 1. The topological polar surface area (TPSA) is 66.2 Å². The average Bonchev–Trinajstić information content (AvgIpc) is 2.81. The SMILES string of the molecule is CC1CN(c2cc(=O)c3cc(C(=O)N(C)C)cc(C(C)N(C)c4cc(F)cc(F)c4)c3o2)CCO1. The Morgan fingerprint density at radius 3 is 2.40 bits per heavy atom. The van der Waals surface area contributed by atoms with E-state index >= 15 is 0 Å². The lowest BCUT2D eigenvalue weighted by atomic mass is 9.99. The van der Waals surface area contributed by atoms with Gasteiger partial charge in [-0.25, -0.2) is 8.78 Å². The first-order valence-electron chi connectivity index (χ1n) is 11.4. The van der Waals surface area contributed by atoms with Crippen LogP contribution in [0, 0.1) is 11.6 Å². The lowest BCUT2D eigenvalue weighted by Crippen LogP contribution is -2.41. The van der Waals surface area contributed by atoms with E-state index in [1.807, 2.05) is 18.7 Å². The summed E-state index contributed by atoms with van der Waals surface area (Å²) in [5.74, 6) is -1.26. The molecule has 35 heavy (non-hydrogen) atoms. The molecule has 7 nitrogen and oxygen atoms in total. The van der Waals surface area contributed by atoms with E-state index in [-0.39, 0.29) is 22.8 Å². The van der Waals surface area contributed by atoms with Crippen molar-refractivity contribution in [1.82, 2.24) is 4.90 Å². The molecule has 186 valence electrons. The fourth-order valence-electron chi connectivity index (χ4n) is 4.31. The molecule has 4 rings (SSSR count). The molecule has 0 radical (unpaired) electrons. The molecule has 0 spiro atoms. The number of anilines is 2. The minimum atomic E-state index is -0.698. The number of ether oxygens (including phenoxy) is 1. The van der Waals surface area contributed by atoms with Gasteiger partial charge in [-0.1, -0.05) is 0 Å². The highest BCUT2D eigenvalue weighted by atomic mass is 19.1. The molecule has 2 aromatic carbocycles. The highest BCUT2D eigenvalue weighted by Gasteiger charge is 2.25. The van der Waals surface area contributed by atoms with Crippen LogP contribution in [0.4, 0.5) is 20.4 Å². The van der Waals surface area contributed by atoms with E-state index in [4.69, 9.17) is 9.15 Å². The molecule has 1 aliphatic rings. The number of amides is 1. The fourth-order valence-corrected chi connectivity index (χ4v) is 4.31. The second-order valence-corrected chi connectivity index (χ2v) is 9.13. The molecule has 1 saturated heterocycles. The van der Waals surface area contributed by atoms with E-state index in [0.29, 0.717) is 48.0 Å². The highest BCUT2D eigenvalue weighted by Crippen LogP contribution is 2.33. The number of fused-ring (bicyclic) bond motifs is 1. The molecule has 0 aliphatic carbocycles. The number of halogens is 2. The molecule has 3 aromatic rings. The molecule has 2 heterocycles. The van der Waals surface area contributed by atoms with Crippen molar-refractivity contribution in [3.05, 3.63) is 69.4 Å². The van der Waals surface area contributed by atoms with Gasteiger partial charge in [0.15, 0.2) is 11.3 Å². The lowest BCUT2D eigenvalue weighted by Gasteiger charge is -2.32. The van der Waals surface area contributed by atoms with Gasteiger partial charge in [-0.05, 0) is 38.1 Å². The third-order valence-corrected chi connectivity index (χ3v) is 6.34. The molecule has 0 saturated carbocycles. The standard InChI is InChI=1S/C26H29F2N3O4/c1-15-14-31(6-7-34-15)24-13-23(32)22-9-17(26(33)29(3)4)8-21(25(22)35-24)16(2)30(5)20-11-18(27)10-19(28)12-20/h8-13,15-16H,6-7,14H2,1-5H3. The van der Waals surface area contributed by atoms with Crippen LogP contribution in [0.2, 0.25) is 0 Å². The van der Waals surface area contributed by atoms with Crippen molar-refractivity contribution in [2.24, 2.45) is 0 Å². The molecule has 9 heteroatoms. The Balaban J connectivity index is 1.89. The van der Waals surface area contributed by atoms with Gasteiger partial charge in [0.25, 0.3) is 5.91 Å². The second-order valence-electron chi connectivity index (χ2n) is 9.13. The molecule has 1 fully saturated rings. The maximum Gasteiger partial charge on any atom is 0.253 e. The zero-order valence-electron chi connectivity index (χ0n) is 20.5. The van der Waals surface area contributed by atoms with E-state index in [2.05, 4.69) is 0 Å². The van der Waals surface area contributed by atoms with Crippen molar-refractivity contribution in [3.63, 3.8) is 0 Å². The van der Waals surface area contributed by atoms with Gasteiger partial charge in [-0.2, -0.15) is 0 Å². The zero-order chi connectivity index (χ0) is 25.4. The first kappa shape index (κ1) is 24.7. The van der Waals surface area contributed by atoms with Crippen molar-refractivity contribution in [1.29, 1.82) is 0 Å². The zero-order valence-corrected chi connectivity index (χ0v) is 20.5. The number of nitrogens with zero attached hydrogens (tertiary/aromatic N) is 3. The Labute approximate surface area is 202 Å². The van der Waals surface area contributed by atoms with Crippen LogP contribution in [-0.2, 0) is 4.74 Å². The predicted molar refractivity (Wildman–Crippen MR) is 131 cm³/mol. The van der Waals surface area contributed by atoms with E-state index in [9.17, 15) is 18.4 Å². The molecule has 2 atom stereocenters. The van der Waals surface area contributed by atoms with Gasteiger partial charge in [0.1, 0.15) is 17.2 Å². The predicted octanol–water partition coefficient (Wildman–Crippen LogP) is 4.20. The Bertz CT molecular complexity index is 1300. The largest absolute Gasteiger partial charge is 0.440 e. The molecular formula is C26H29F2N3O4. The van der Waals surface area contributed by atoms with Crippen LogP contribution >= 0.6 is 0 Å². The smallest absolute Gasteiger partial charge is 0.253 e. The summed E-state index contributed by atoms with van der Waals surface area (Å²) in [7, 11) is 4.95. The first-order chi connectivity index (χ1) is 16.5. The lowest BCUT2D eigenvalue weighted by molar-refractivity contribution is 0.0517. The fraction of sp³-hybridized carbons (Fsp3) is 0.385. The average molecular weight is 486 g/mol. The summed E-state index contributed by atoms with van der Waals surface area (Å²) in [6.45, 7) is 5.43. The maximum absolute atomic E-state index is 13.9.